The molecule has 17 heavy (non-hydrogen) atoms. The fourth-order valence-electron chi connectivity index (χ4n) is 1.60. The quantitative estimate of drug-likeness (QED) is 0.817. The van der Waals surface area contributed by atoms with E-state index in [1.165, 1.54) is 12.1 Å². The van der Waals surface area contributed by atoms with Crippen LogP contribution in [0.1, 0.15) is 17.2 Å². The van der Waals surface area contributed by atoms with Crippen LogP contribution in [0.5, 0.6) is 0 Å². The predicted octanol–water partition coefficient (Wildman–Crippen LogP) is 1.23. The molecule has 0 amide bonds. The average Bonchev–Trinajstić information content (AvgIpc) is 2.77. The zero-order chi connectivity index (χ0) is 12.1. The second-order valence-electron chi connectivity index (χ2n) is 3.86. The van der Waals surface area contributed by atoms with Crippen molar-refractivity contribution in [1.29, 1.82) is 0 Å². The smallest absolute Gasteiger partial charge is 0.151 e. The molecule has 0 unspecified atom stereocenters. The lowest BCUT2D eigenvalue weighted by atomic mass is 10.1. The van der Waals surface area contributed by atoms with Crippen molar-refractivity contribution in [3.8, 4) is 0 Å². The maximum atomic E-state index is 12.7. The third kappa shape index (κ3) is 3.35. The van der Waals surface area contributed by atoms with Crippen molar-refractivity contribution in [2.24, 2.45) is 5.73 Å². The Bertz CT molecular complexity index is 464. The standard InChI is InChI=1S/C12H15FN4/c13-10-4-1-9(2-5-10)3-6-11-15-12(7-8-14)17-16-11/h1-2,4-5H,3,6-8,14H2,(H,15,16,17). The first-order valence-corrected chi connectivity index (χ1v) is 5.62. The number of nitrogens with one attached hydrogen (secondary N) is 1. The molecule has 0 bridgehead atoms. The highest BCUT2D eigenvalue weighted by Gasteiger charge is 2.03. The van der Waals surface area contributed by atoms with E-state index in [1.807, 2.05) is 0 Å². The van der Waals surface area contributed by atoms with Crippen LogP contribution in [0.2, 0.25) is 0 Å². The van der Waals surface area contributed by atoms with Gasteiger partial charge in [-0.25, -0.2) is 9.37 Å². The van der Waals surface area contributed by atoms with Crippen LogP contribution in [0, 0.1) is 5.82 Å². The van der Waals surface area contributed by atoms with Gasteiger partial charge >= 0.3 is 0 Å². The normalized spacial score (nSPS) is 10.7. The Morgan fingerprint density at radius 1 is 1.12 bits per heavy atom. The summed E-state index contributed by atoms with van der Waals surface area (Å²) in [6.07, 6.45) is 2.26. The highest BCUT2D eigenvalue weighted by Crippen LogP contribution is 2.06. The van der Waals surface area contributed by atoms with Crippen molar-refractivity contribution in [3.05, 3.63) is 47.3 Å². The number of aromatic nitrogens is 3. The van der Waals surface area contributed by atoms with E-state index in [2.05, 4.69) is 15.2 Å². The summed E-state index contributed by atoms with van der Waals surface area (Å²) >= 11 is 0. The second-order valence-corrected chi connectivity index (χ2v) is 3.86. The molecule has 5 heteroatoms. The highest BCUT2D eigenvalue weighted by atomic mass is 19.1. The Hall–Kier alpha value is -1.75. The summed E-state index contributed by atoms with van der Waals surface area (Å²) in [6, 6.07) is 6.49. The summed E-state index contributed by atoms with van der Waals surface area (Å²) in [5, 5.41) is 6.95. The fraction of sp³-hybridized carbons (Fsp3) is 0.333. The van der Waals surface area contributed by atoms with Gasteiger partial charge in [0.2, 0.25) is 0 Å². The SMILES string of the molecule is NCCc1nc(CCc2ccc(F)cc2)n[nH]1. The van der Waals surface area contributed by atoms with Gasteiger partial charge in [-0.15, -0.1) is 0 Å². The molecule has 2 aromatic rings. The van der Waals surface area contributed by atoms with Gasteiger partial charge in [0.15, 0.2) is 5.82 Å². The molecule has 1 heterocycles. The predicted molar refractivity (Wildman–Crippen MR) is 62.9 cm³/mol. The maximum Gasteiger partial charge on any atom is 0.151 e. The van der Waals surface area contributed by atoms with Crippen LogP contribution in [0.15, 0.2) is 24.3 Å². The molecule has 0 aliphatic heterocycles. The number of H-pyrrole nitrogens is 1. The van der Waals surface area contributed by atoms with Gasteiger partial charge in [-0.05, 0) is 30.7 Å². The van der Waals surface area contributed by atoms with E-state index in [4.69, 9.17) is 5.73 Å². The Morgan fingerprint density at radius 3 is 2.59 bits per heavy atom. The minimum absolute atomic E-state index is 0.211. The van der Waals surface area contributed by atoms with E-state index in [1.54, 1.807) is 12.1 Å². The molecule has 4 nitrogen and oxygen atoms in total. The lowest BCUT2D eigenvalue weighted by Crippen LogP contribution is -2.04. The average molecular weight is 234 g/mol. The monoisotopic (exact) mass is 234 g/mol. The minimum atomic E-state index is -0.211. The summed E-state index contributed by atoms with van der Waals surface area (Å²) in [5.74, 6) is 1.39. The third-order valence-electron chi connectivity index (χ3n) is 2.51. The molecule has 0 aliphatic rings. The molecular weight excluding hydrogens is 219 g/mol. The highest BCUT2D eigenvalue weighted by molar-refractivity contribution is 5.16. The Kier molecular flexibility index (Phi) is 3.82. The van der Waals surface area contributed by atoms with E-state index in [0.29, 0.717) is 13.0 Å². The number of nitrogens with zero attached hydrogens (tertiary/aromatic N) is 2. The van der Waals surface area contributed by atoms with Crippen LogP contribution < -0.4 is 5.73 Å². The fourth-order valence-corrected chi connectivity index (χ4v) is 1.60. The summed E-state index contributed by atoms with van der Waals surface area (Å²) in [6.45, 7) is 0.562. The van der Waals surface area contributed by atoms with Gasteiger partial charge < -0.3 is 5.73 Å². The number of nitrogens with two attached hydrogens (primary N) is 1. The van der Waals surface area contributed by atoms with Gasteiger partial charge in [-0.3, -0.25) is 5.10 Å². The number of hydrogen-bond donors (Lipinski definition) is 2. The topological polar surface area (TPSA) is 67.6 Å². The summed E-state index contributed by atoms with van der Waals surface area (Å²) in [5.41, 5.74) is 6.51. The zero-order valence-electron chi connectivity index (χ0n) is 9.49. The number of aromatic amines is 1. The molecule has 0 fully saturated rings. The van der Waals surface area contributed by atoms with Crippen molar-refractivity contribution in [1.82, 2.24) is 15.2 Å². The first-order chi connectivity index (χ1) is 8.28. The van der Waals surface area contributed by atoms with Gasteiger partial charge in [-0.1, -0.05) is 12.1 Å². The van der Waals surface area contributed by atoms with Gasteiger partial charge in [0.25, 0.3) is 0 Å². The van der Waals surface area contributed by atoms with E-state index in [-0.39, 0.29) is 5.82 Å². The molecule has 0 saturated carbocycles. The van der Waals surface area contributed by atoms with E-state index >= 15 is 0 Å². The van der Waals surface area contributed by atoms with Crippen molar-refractivity contribution in [3.63, 3.8) is 0 Å². The summed E-state index contributed by atoms with van der Waals surface area (Å²) in [7, 11) is 0. The molecule has 0 aliphatic carbocycles. The first-order valence-electron chi connectivity index (χ1n) is 5.62. The van der Waals surface area contributed by atoms with E-state index < -0.39 is 0 Å². The molecule has 0 saturated heterocycles. The van der Waals surface area contributed by atoms with Crippen LogP contribution in [0.4, 0.5) is 4.39 Å². The third-order valence-corrected chi connectivity index (χ3v) is 2.51. The Balaban J connectivity index is 1.90. The number of benzene rings is 1. The number of aryl methyl sites for hydroxylation is 2. The van der Waals surface area contributed by atoms with Gasteiger partial charge in [0, 0.05) is 12.8 Å². The molecule has 2 rings (SSSR count). The van der Waals surface area contributed by atoms with Gasteiger partial charge in [0.1, 0.15) is 11.6 Å². The van der Waals surface area contributed by atoms with Gasteiger partial charge in [-0.2, -0.15) is 5.10 Å². The largest absolute Gasteiger partial charge is 0.330 e. The molecule has 0 radical (unpaired) electrons. The van der Waals surface area contributed by atoms with Crippen LogP contribution >= 0.6 is 0 Å². The molecule has 0 atom stereocenters. The van der Waals surface area contributed by atoms with Crippen LogP contribution in [-0.2, 0) is 19.3 Å². The molecule has 1 aromatic heterocycles. The molecule has 0 spiro atoms. The van der Waals surface area contributed by atoms with Crippen molar-refractivity contribution >= 4 is 0 Å². The van der Waals surface area contributed by atoms with Crippen LogP contribution in [-0.4, -0.2) is 21.7 Å². The van der Waals surface area contributed by atoms with Crippen molar-refractivity contribution < 1.29 is 4.39 Å². The Morgan fingerprint density at radius 2 is 1.88 bits per heavy atom. The maximum absolute atomic E-state index is 12.7. The number of halogens is 1. The molecule has 90 valence electrons. The number of hydrogen-bond acceptors (Lipinski definition) is 3. The second kappa shape index (κ2) is 5.54. The Labute approximate surface area is 99.1 Å². The van der Waals surface area contributed by atoms with Crippen molar-refractivity contribution in [2.45, 2.75) is 19.3 Å². The van der Waals surface area contributed by atoms with Crippen LogP contribution in [0.25, 0.3) is 0 Å². The first kappa shape index (κ1) is 11.7. The minimum Gasteiger partial charge on any atom is -0.330 e. The van der Waals surface area contributed by atoms with E-state index in [9.17, 15) is 4.39 Å². The van der Waals surface area contributed by atoms with E-state index in [0.717, 1.165) is 30.1 Å². The summed E-state index contributed by atoms with van der Waals surface area (Å²) < 4.78 is 12.7. The zero-order valence-corrected chi connectivity index (χ0v) is 9.49. The van der Waals surface area contributed by atoms with Gasteiger partial charge in [0.05, 0.1) is 0 Å². The lowest BCUT2D eigenvalue weighted by Gasteiger charge is -1.98. The lowest BCUT2D eigenvalue weighted by molar-refractivity contribution is 0.627. The number of rotatable bonds is 5. The van der Waals surface area contributed by atoms with Crippen LogP contribution in [0.3, 0.4) is 0 Å². The molecule has 3 N–H and O–H groups in total. The molecule has 1 aromatic carbocycles. The summed E-state index contributed by atoms with van der Waals surface area (Å²) in [4.78, 5) is 4.31. The van der Waals surface area contributed by atoms with Crippen molar-refractivity contribution in [2.75, 3.05) is 6.54 Å². The molecular formula is C12H15FN4.